The first kappa shape index (κ1) is 20.5. The van der Waals surface area contributed by atoms with Crippen molar-refractivity contribution in [3.63, 3.8) is 0 Å². The van der Waals surface area contributed by atoms with Gasteiger partial charge in [-0.2, -0.15) is 0 Å². The van der Waals surface area contributed by atoms with Crippen LogP contribution in [-0.2, 0) is 11.2 Å². The summed E-state index contributed by atoms with van der Waals surface area (Å²) in [5.41, 5.74) is 4.28. The van der Waals surface area contributed by atoms with E-state index in [-0.39, 0.29) is 24.0 Å². The van der Waals surface area contributed by atoms with Gasteiger partial charge in [0.2, 0.25) is 0 Å². The number of H-pyrrole nitrogens is 1. The number of guanidine groups is 1. The third kappa shape index (κ3) is 4.26. The van der Waals surface area contributed by atoms with Crippen molar-refractivity contribution in [3.8, 4) is 0 Å². The summed E-state index contributed by atoms with van der Waals surface area (Å²) in [6, 6.07) is 6.43. The molecule has 0 aliphatic carbocycles. The fourth-order valence-corrected chi connectivity index (χ4v) is 4.44. The molecule has 2 N–H and O–H groups in total. The zero-order valence-corrected chi connectivity index (χ0v) is 18.7. The highest BCUT2D eigenvalue weighted by molar-refractivity contribution is 14.0. The fourth-order valence-electron chi connectivity index (χ4n) is 4.44. The number of fused-ring (bicyclic) bond motifs is 1. The molecule has 1 aromatic carbocycles. The van der Waals surface area contributed by atoms with Crippen LogP contribution in [0.1, 0.15) is 30.9 Å². The number of hydrogen-bond acceptors (Lipinski definition) is 2. The highest BCUT2D eigenvalue weighted by atomic mass is 127. The van der Waals surface area contributed by atoms with E-state index in [0.717, 1.165) is 51.8 Å². The summed E-state index contributed by atoms with van der Waals surface area (Å²) < 4.78 is 5.66. The third-order valence-electron chi connectivity index (χ3n) is 5.90. The number of aliphatic imine (C=N–C) groups is 1. The third-order valence-corrected chi connectivity index (χ3v) is 5.90. The number of aryl methyl sites for hydroxylation is 1. The van der Waals surface area contributed by atoms with E-state index < -0.39 is 0 Å². The van der Waals surface area contributed by atoms with Gasteiger partial charge >= 0.3 is 0 Å². The zero-order chi connectivity index (χ0) is 18.0. The average molecular weight is 482 g/mol. The molecule has 1 aromatic heterocycles. The SMILES string of the molecule is CCNC(=NCCc1c[nH]c2cccc(C)c12)N1CCC2(CCOC2)C1.I. The van der Waals surface area contributed by atoms with Crippen LogP contribution >= 0.6 is 24.0 Å². The number of hydrogen-bond donors (Lipinski definition) is 2. The van der Waals surface area contributed by atoms with Crippen molar-refractivity contribution in [3.05, 3.63) is 35.5 Å². The molecule has 5 nitrogen and oxygen atoms in total. The maximum atomic E-state index is 5.66. The molecule has 27 heavy (non-hydrogen) atoms. The molecule has 148 valence electrons. The van der Waals surface area contributed by atoms with E-state index in [0.29, 0.717) is 5.41 Å². The van der Waals surface area contributed by atoms with Gasteiger partial charge in [-0.25, -0.2) is 0 Å². The molecule has 3 heterocycles. The Kier molecular flexibility index (Phi) is 6.68. The summed E-state index contributed by atoms with van der Waals surface area (Å²) >= 11 is 0. The standard InChI is InChI=1S/C21H30N4O.HI/c1-3-22-20(25-11-8-21(14-25)9-12-26-15-21)23-10-7-17-13-24-18-6-4-5-16(2)19(17)18;/h4-6,13,24H,3,7-12,14-15H2,1-2H3,(H,22,23);1H. The van der Waals surface area contributed by atoms with Crippen LogP contribution in [-0.4, -0.2) is 55.2 Å². The van der Waals surface area contributed by atoms with Crippen molar-refractivity contribution in [2.75, 3.05) is 39.4 Å². The summed E-state index contributed by atoms with van der Waals surface area (Å²) in [6.07, 6.45) is 5.51. The summed E-state index contributed by atoms with van der Waals surface area (Å²) in [5, 5.41) is 4.84. The molecule has 6 heteroatoms. The van der Waals surface area contributed by atoms with E-state index in [2.05, 4.69) is 53.4 Å². The first-order chi connectivity index (χ1) is 12.7. The maximum Gasteiger partial charge on any atom is 0.193 e. The second kappa shape index (κ2) is 8.82. The van der Waals surface area contributed by atoms with Crippen molar-refractivity contribution >= 4 is 40.8 Å². The van der Waals surface area contributed by atoms with E-state index in [4.69, 9.17) is 9.73 Å². The van der Waals surface area contributed by atoms with Gasteiger partial charge < -0.3 is 19.9 Å². The normalized spacial score (nSPS) is 22.6. The minimum absolute atomic E-state index is 0. The van der Waals surface area contributed by atoms with Crippen LogP contribution in [0.15, 0.2) is 29.4 Å². The minimum atomic E-state index is 0. The number of rotatable bonds is 4. The van der Waals surface area contributed by atoms with E-state index in [1.54, 1.807) is 0 Å². The first-order valence-electron chi connectivity index (χ1n) is 9.87. The van der Waals surface area contributed by atoms with Crippen LogP contribution in [0.3, 0.4) is 0 Å². The molecule has 1 atom stereocenters. The smallest absolute Gasteiger partial charge is 0.193 e. The number of halogens is 1. The van der Waals surface area contributed by atoms with Crippen LogP contribution in [0.25, 0.3) is 10.9 Å². The summed E-state index contributed by atoms with van der Waals surface area (Å²) in [4.78, 5) is 10.8. The first-order valence-corrected chi connectivity index (χ1v) is 9.87. The van der Waals surface area contributed by atoms with Crippen LogP contribution in [0.5, 0.6) is 0 Å². The van der Waals surface area contributed by atoms with Gasteiger partial charge in [-0.3, -0.25) is 4.99 Å². The Labute approximate surface area is 179 Å². The van der Waals surface area contributed by atoms with Crippen LogP contribution in [0, 0.1) is 12.3 Å². The quantitative estimate of drug-likeness (QED) is 0.397. The molecule has 0 bridgehead atoms. The van der Waals surface area contributed by atoms with Gasteiger partial charge in [0.05, 0.1) is 6.61 Å². The predicted molar refractivity (Wildman–Crippen MR) is 122 cm³/mol. The maximum absolute atomic E-state index is 5.66. The van der Waals surface area contributed by atoms with E-state index in [1.165, 1.54) is 34.9 Å². The number of aromatic amines is 1. The molecule has 2 saturated heterocycles. The van der Waals surface area contributed by atoms with Gasteiger partial charge in [0.25, 0.3) is 0 Å². The van der Waals surface area contributed by atoms with E-state index in [9.17, 15) is 0 Å². The predicted octanol–water partition coefficient (Wildman–Crippen LogP) is 3.71. The van der Waals surface area contributed by atoms with Crippen molar-refractivity contribution in [2.24, 2.45) is 10.4 Å². The number of ether oxygens (including phenoxy) is 1. The van der Waals surface area contributed by atoms with Crippen molar-refractivity contribution in [1.29, 1.82) is 0 Å². The van der Waals surface area contributed by atoms with Crippen LogP contribution < -0.4 is 5.32 Å². The van der Waals surface area contributed by atoms with Crippen LogP contribution in [0.4, 0.5) is 0 Å². The lowest BCUT2D eigenvalue weighted by molar-refractivity contribution is 0.156. The molecule has 2 aromatic rings. The monoisotopic (exact) mass is 482 g/mol. The van der Waals surface area contributed by atoms with Gasteiger partial charge in [-0.05, 0) is 50.3 Å². The van der Waals surface area contributed by atoms with Gasteiger partial charge in [0.15, 0.2) is 5.96 Å². The highest BCUT2D eigenvalue weighted by Gasteiger charge is 2.42. The van der Waals surface area contributed by atoms with E-state index >= 15 is 0 Å². The Bertz CT molecular complexity index is 795. The average Bonchev–Trinajstić information content (AvgIpc) is 3.36. The number of likely N-dealkylation sites (tertiary alicyclic amines) is 1. The van der Waals surface area contributed by atoms with Crippen molar-refractivity contribution < 1.29 is 4.74 Å². The second-order valence-corrected chi connectivity index (χ2v) is 7.77. The highest BCUT2D eigenvalue weighted by Crippen LogP contribution is 2.38. The second-order valence-electron chi connectivity index (χ2n) is 7.77. The fraction of sp³-hybridized carbons (Fsp3) is 0.571. The molecule has 2 aliphatic heterocycles. The largest absolute Gasteiger partial charge is 0.381 e. The Morgan fingerprint density at radius 1 is 1.37 bits per heavy atom. The Morgan fingerprint density at radius 2 is 2.26 bits per heavy atom. The number of benzene rings is 1. The molecule has 0 saturated carbocycles. The topological polar surface area (TPSA) is 52.7 Å². The lowest BCUT2D eigenvalue weighted by Crippen LogP contribution is -2.41. The number of nitrogens with zero attached hydrogens (tertiary/aromatic N) is 2. The summed E-state index contributed by atoms with van der Waals surface area (Å²) in [5.74, 6) is 1.06. The molecule has 1 unspecified atom stereocenters. The molecule has 0 amide bonds. The molecule has 2 fully saturated rings. The van der Waals surface area contributed by atoms with Crippen molar-refractivity contribution in [1.82, 2.24) is 15.2 Å². The molecular weight excluding hydrogens is 451 g/mol. The lowest BCUT2D eigenvalue weighted by atomic mass is 9.87. The Hall–Kier alpha value is -1.28. The molecule has 2 aliphatic rings. The zero-order valence-electron chi connectivity index (χ0n) is 16.4. The molecular formula is C21H31IN4O. The summed E-state index contributed by atoms with van der Waals surface area (Å²) in [6.45, 7) is 10.0. The van der Waals surface area contributed by atoms with Gasteiger partial charge in [0, 0.05) is 55.3 Å². The molecule has 1 spiro atoms. The van der Waals surface area contributed by atoms with E-state index in [1.807, 2.05) is 0 Å². The van der Waals surface area contributed by atoms with Gasteiger partial charge in [-0.15, -0.1) is 24.0 Å². The van der Waals surface area contributed by atoms with Gasteiger partial charge in [-0.1, -0.05) is 12.1 Å². The summed E-state index contributed by atoms with van der Waals surface area (Å²) in [7, 11) is 0. The van der Waals surface area contributed by atoms with Crippen LogP contribution in [0.2, 0.25) is 0 Å². The van der Waals surface area contributed by atoms with Crippen molar-refractivity contribution in [2.45, 2.75) is 33.1 Å². The molecule has 4 rings (SSSR count). The Morgan fingerprint density at radius 3 is 3.04 bits per heavy atom. The molecule has 0 radical (unpaired) electrons. The lowest BCUT2D eigenvalue weighted by Gasteiger charge is -2.25. The van der Waals surface area contributed by atoms with Gasteiger partial charge in [0.1, 0.15) is 0 Å². The minimum Gasteiger partial charge on any atom is -0.381 e. The Balaban J connectivity index is 0.00000210. The number of aromatic nitrogens is 1. The number of nitrogens with one attached hydrogen (secondary N) is 2.